The first-order valence-electron chi connectivity index (χ1n) is 8.77. The van der Waals surface area contributed by atoms with Gasteiger partial charge in [0.25, 0.3) is 5.91 Å². The van der Waals surface area contributed by atoms with E-state index in [9.17, 15) is 14.4 Å². The lowest BCUT2D eigenvalue weighted by Crippen LogP contribution is -2.42. The number of hydrogen-bond donors (Lipinski definition) is 2. The number of benzene rings is 2. The minimum absolute atomic E-state index is 0.381. The van der Waals surface area contributed by atoms with Gasteiger partial charge in [-0.25, -0.2) is 4.79 Å². The number of imide groups is 1. The van der Waals surface area contributed by atoms with Crippen LogP contribution in [0.2, 0.25) is 0 Å². The van der Waals surface area contributed by atoms with Crippen molar-refractivity contribution in [2.24, 2.45) is 0 Å². The molecule has 7 nitrogen and oxygen atoms in total. The van der Waals surface area contributed by atoms with E-state index in [0.29, 0.717) is 16.8 Å². The third-order valence-corrected chi connectivity index (χ3v) is 4.89. The van der Waals surface area contributed by atoms with Gasteiger partial charge in [0.2, 0.25) is 5.91 Å². The van der Waals surface area contributed by atoms with E-state index in [0.717, 1.165) is 16.0 Å². The van der Waals surface area contributed by atoms with Gasteiger partial charge in [-0.15, -0.1) is 0 Å². The number of amides is 4. The summed E-state index contributed by atoms with van der Waals surface area (Å²) in [5, 5.41) is 14.5. The largest absolute Gasteiger partial charge is 0.325 e. The number of aryl methyl sites for hydroxylation is 2. The highest BCUT2D eigenvalue weighted by molar-refractivity contribution is 6.10. The summed E-state index contributed by atoms with van der Waals surface area (Å²) in [6.45, 7) is 4.91. The number of para-hydroxylation sites is 1. The first kappa shape index (κ1) is 19.1. The van der Waals surface area contributed by atoms with E-state index in [1.807, 2.05) is 38.1 Å². The molecule has 0 unspecified atom stereocenters. The maximum atomic E-state index is 12.9. The van der Waals surface area contributed by atoms with Gasteiger partial charge in [-0.05, 0) is 49.6 Å². The smallest absolute Gasteiger partial charge is 0.324 e. The predicted molar refractivity (Wildman–Crippen MR) is 103 cm³/mol. The maximum absolute atomic E-state index is 12.9. The molecule has 7 heteroatoms. The highest BCUT2D eigenvalue weighted by Gasteiger charge is 2.49. The molecular formula is C21H20N4O3. The quantitative estimate of drug-likeness (QED) is 0.801. The number of nitriles is 1. The Hall–Kier alpha value is -3.66. The van der Waals surface area contributed by atoms with Crippen LogP contribution in [0.25, 0.3) is 0 Å². The molecule has 1 atom stereocenters. The summed E-state index contributed by atoms with van der Waals surface area (Å²) < 4.78 is 0. The topological polar surface area (TPSA) is 102 Å². The van der Waals surface area contributed by atoms with Crippen molar-refractivity contribution in [2.75, 3.05) is 11.9 Å². The molecule has 0 bridgehead atoms. The van der Waals surface area contributed by atoms with Crippen molar-refractivity contribution in [3.63, 3.8) is 0 Å². The molecule has 3 rings (SSSR count). The molecule has 0 radical (unpaired) electrons. The Kier molecular flexibility index (Phi) is 4.89. The molecule has 0 aromatic heterocycles. The van der Waals surface area contributed by atoms with Crippen LogP contribution in [-0.4, -0.2) is 29.3 Å². The van der Waals surface area contributed by atoms with Crippen LogP contribution < -0.4 is 10.6 Å². The first-order chi connectivity index (χ1) is 13.3. The molecule has 0 saturated carbocycles. The van der Waals surface area contributed by atoms with Crippen LogP contribution in [0.5, 0.6) is 0 Å². The predicted octanol–water partition coefficient (Wildman–Crippen LogP) is 2.58. The summed E-state index contributed by atoms with van der Waals surface area (Å²) in [6, 6.07) is 13.5. The van der Waals surface area contributed by atoms with Crippen LogP contribution in [0.15, 0.2) is 42.5 Å². The zero-order valence-corrected chi connectivity index (χ0v) is 15.9. The third-order valence-electron chi connectivity index (χ3n) is 4.89. The summed E-state index contributed by atoms with van der Waals surface area (Å²) in [7, 11) is 0. The molecule has 2 N–H and O–H groups in total. The van der Waals surface area contributed by atoms with E-state index in [2.05, 4.69) is 10.6 Å². The molecule has 0 spiro atoms. The first-order valence-corrected chi connectivity index (χ1v) is 8.77. The normalized spacial score (nSPS) is 18.6. The average Bonchev–Trinajstić information content (AvgIpc) is 2.89. The molecule has 1 aliphatic rings. The lowest BCUT2D eigenvalue weighted by Gasteiger charge is -2.22. The molecule has 1 aliphatic heterocycles. The van der Waals surface area contributed by atoms with E-state index >= 15 is 0 Å². The van der Waals surface area contributed by atoms with Crippen LogP contribution >= 0.6 is 0 Å². The highest BCUT2D eigenvalue weighted by atomic mass is 16.2. The molecular weight excluding hydrogens is 356 g/mol. The highest BCUT2D eigenvalue weighted by Crippen LogP contribution is 2.29. The number of hydrogen-bond acceptors (Lipinski definition) is 4. The molecule has 1 heterocycles. The molecule has 2 aromatic carbocycles. The number of carbonyl (C=O) groups is 3. The van der Waals surface area contributed by atoms with Crippen LogP contribution in [0.1, 0.15) is 29.2 Å². The van der Waals surface area contributed by atoms with E-state index in [-0.39, 0.29) is 0 Å². The van der Waals surface area contributed by atoms with Crippen LogP contribution in [0, 0.1) is 25.2 Å². The number of rotatable bonds is 4. The molecule has 2 aromatic rings. The Morgan fingerprint density at radius 2 is 1.82 bits per heavy atom. The van der Waals surface area contributed by atoms with Gasteiger partial charge in [0.1, 0.15) is 12.1 Å². The lowest BCUT2D eigenvalue weighted by atomic mass is 9.91. The SMILES string of the molecule is Cc1cccc(C)c1NC(=O)CN1C(=O)N[C@](C)(c2cccc(C#N)c2)C1=O. The number of urea groups is 1. The van der Waals surface area contributed by atoms with Gasteiger partial charge >= 0.3 is 6.03 Å². The van der Waals surface area contributed by atoms with Crippen molar-refractivity contribution in [2.45, 2.75) is 26.3 Å². The Labute approximate surface area is 163 Å². The molecule has 1 fully saturated rings. The Morgan fingerprint density at radius 1 is 1.18 bits per heavy atom. The van der Waals surface area contributed by atoms with Crippen molar-refractivity contribution in [3.8, 4) is 6.07 Å². The van der Waals surface area contributed by atoms with E-state index in [1.54, 1.807) is 31.2 Å². The molecule has 142 valence electrons. The second-order valence-electron chi connectivity index (χ2n) is 6.95. The van der Waals surface area contributed by atoms with Crippen LogP contribution in [0.3, 0.4) is 0 Å². The zero-order chi connectivity index (χ0) is 20.5. The van der Waals surface area contributed by atoms with Gasteiger partial charge in [0.15, 0.2) is 0 Å². The van der Waals surface area contributed by atoms with E-state index < -0.39 is 29.9 Å². The molecule has 0 aliphatic carbocycles. The van der Waals surface area contributed by atoms with Gasteiger partial charge in [-0.1, -0.05) is 30.3 Å². The molecule has 28 heavy (non-hydrogen) atoms. The Morgan fingerprint density at radius 3 is 2.46 bits per heavy atom. The van der Waals surface area contributed by atoms with Gasteiger partial charge in [-0.3, -0.25) is 14.5 Å². The summed E-state index contributed by atoms with van der Waals surface area (Å²) >= 11 is 0. The minimum atomic E-state index is -1.33. The summed E-state index contributed by atoms with van der Waals surface area (Å²) in [4.78, 5) is 38.7. The fourth-order valence-corrected chi connectivity index (χ4v) is 3.27. The van der Waals surface area contributed by atoms with E-state index in [4.69, 9.17) is 5.26 Å². The lowest BCUT2D eigenvalue weighted by molar-refractivity contribution is -0.133. The average molecular weight is 376 g/mol. The Bertz CT molecular complexity index is 1000. The van der Waals surface area contributed by atoms with E-state index in [1.165, 1.54) is 0 Å². The van der Waals surface area contributed by atoms with Gasteiger partial charge in [0, 0.05) is 5.69 Å². The fourth-order valence-electron chi connectivity index (χ4n) is 3.27. The summed E-state index contributed by atoms with van der Waals surface area (Å²) in [6.07, 6.45) is 0. The van der Waals surface area contributed by atoms with Crippen molar-refractivity contribution in [1.29, 1.82) is 5.26 Å². The van der Waals surface area contributed by atoms with Gasteiger partial charge in [0.05, 0.1) is 11.6 Å². The standard InChI is InChI=1S/C21H20N4O3/c1-13-6-4-7-14(2)18(13)23-17(26)12-25-19(27)21(3,24-20(25)28)16-9-5-8-15(10-16)11-22/h4-10H,12H2,1-3H3,(H,23,26)(H,24,28)/t21-/m1/s1. The monoisotopic (exact) mass is 376 g/mol. The van der Waals surface area contributed by atoms with Gasteiger partial charge in [-0.2, -0.15) is 5.26 Å². The number of nitrogens with zero attached hydrogens (tertiary/aromatic N) is 2. The van der Waals surface area contributed by atoms with Crippen molar-refractivity contribution >= 4 is 23.5 Å². The number of carbonyl (C=O) groups excluding carboxylic acids is 3. The Balaban J connectivity index is 1.80. The zero-order valence-electron chi connectivity index (χ0n) is 15.9. The number of anilines is 1. The maximum Gasteiger partial charge on any atom is 0.325 e. The van der Waals surface area contributed by atoms with Crippen LogP contribution in [-0.2, 0) is 15.1 Å². The van der Waals surface area contributed by atoms with Crippen LogP contribution in [0.4, 0.5) is 10.5 Å². The summed E-state index contributed by atoms with van der Waals surface area (Å²) in [5.74, 6) is -1.000. The number of nitrogens with one attached hydrogen (secondary N) is 2. The van der Waals surface area contributed by atoms with Gasteiger partial charge < -0.3 is 10.6 Å². The third kappa shape index (κ3) is 3.32. The fraction of sp³-hybridized carbons (Fsp3) is 0.238. The molecule has 1 saturated heterocycles. The minimum Gasteiger partial charge on any atom is -0.324 e. The summed E-state index contributed by atoms with van der Waals surface area (Å²) in [5.41, 5.74) is 1.99. The second-order valence-corrected chi connectivity index (χ2v) is 6.95. The second kappa shape index (κ2) is 7.16. The van der Waals surface area contributed by atoms with Crippen molar-refractivity contribution in [1.82, 2.24) is 10.2 Å². The molecule has 4 amide bonds. The van der Waals surface area contributed by atoms with Crippen molar-refractivity contribution < 1.29 is 14.4 Å². The van der Waals surface area contributed by atoms with Crippen molar-refractivity contribution in [3.05, 3.63) is 64.7 Å².